The standard InChI is InChI=1S/C9H13N5O4S/c1-7-12-9(13-18-7)5-11-19(16,17)8-4-10-14(6-8)2-3-15/h4,6,11,15H,2-3,5H2,1H3. The summed E-state index contributed by atoms with van der Waals surface area (Å²) in [6.07, 6.45) is 2.54. The number of aryl methyl sites for hydroxylation is 1. The molecule has 9 nitrogen and oxygen atoms in total. The minimum atomic E-state index is -3.68. The van der Waals surface area contributed by atoms with Crippen LogP contribution in [0.1, 0.15) is 11.7 Å². The molecule has 0 aliphatic heterocycles. The molecule has 0 bridgehead atoms. The minimum Gasteiger partial charge on any atom is -0.394 e. The predicted octanol–water partition coefficient (Wildman–Crippen LogP) is -0.955. The summed E-state index contributed by atoms with van der Waals surface area (Å²) in [6.45, 7) is 1.67. The van der Waals surface area contributed by atoms with Gasteiger partial charge in [-0.1, -0.05) is 5.16 Å². The van der Waals surface area contributed by atoms with Gasteiger partial charge in [0.2, 0.25) is 15.9 Å². The second-order valence-corrected chi connectivity index (χ2v) is 5.48. The summed E-state index contributed by atoms with van der Waals surface area (Å²) in [7, 11) is -3.68. The highest BCUT2D eigenvalue weighted by Gasteiger charge is 2.17. The van der Waals surface area contributed by atoms with Crippen molar-refractivity contribution in [2.45, 2.75) is 24.9 Å². The average molecular weight is 287 g/mol. The summed E-state index contributed by atoms with van der Waals surface area (Å²) in [5.74, 6) is 0.619. The highest BCUT2D eigenvalue weighted by Crippen LogP contribution is 2.07. The SMILES string of the molecule is Cc1nc(CNS(=O)(=O)c2cnn(CCO)c2)no1. The summed E-state index contributed by atoms with van der Waals surface area (Å²) in [4.78, 5) is 3.90. The van der Waals surface area contributed by atoms with E-state index in [1.54, 1.807) is 6.92 Å². The third kappa shape index (κ3) is 3.36. The molecule has 0 aromatic carbocycles. The lowest BCUT2D eigenvalue weighted by molar-refractivity contribution is 0.269. The molecule has 2 rings (SSSR count). The van der Waals surface area contributed by atoms with E-state index < -0.39 is 10.0 Å². The molecule has 10 heteroatoms. The van der Waals surface area contributed by atoms with Crippen LogP contribution in [0.3, 0.4) is 0 Å². The van der Waals surface area contributed by atoms with E-state index in [9.17, 15) is 8.42 Å². The fourth-order valence-electron chi connectivity index (χ4n) is 1.36. The minimum absolute atomic E-state index is 0.0150. The summed E-state index contributed by atoms with van der Waals surface area (Å²) >= 11 is 0. The molecule has 0 saturated carbocycles. The summed E-state index contributed by atoms with van der Waals surface area (Å²) in [5, 5.41) is 16.1. The Morgan fingerprint density at radius 2 is 2.32 bits per heavy atom. The van der Waals surface area contributed by atoms with Crippen LogP contribution in [0.2, 0.25) is 0 Å². The highest BCUT2D eigenvalue weighted by atomic mass is 32.2. The first-order chi connectivity index (χ1) is 9.01. The molecule has 0 radical (unpaired) electrons. The second kappa shape index (κ2) is 5.47. The maximum absolute atomic E-state index is 11.9. The van der Waals surface area contributed by atoms with Crippen LogP contribution in [0.5, 0.6) is 0 Å². The van der Waals surface area contributed by atoms with Gasteiger partial charge < -0.3 is 9.63 Å². The number of aliphatic hydroxyl groups is 1. The van der Waals surface area contributed by atoms with E-state index in [0.717, 1.165) is 0 Å². The van der Waals surface area contributed by atoms with Crippen molar-refractivity contribution >= 4 is 10.0 Å². The molecule has 0 amide bonds. The van der Waals surface area contributed by atoms with Crippen LogP contribution < -0.4 is 4.72 Å². The van der Waals surface area contributed by atoms with Crippen molar-refractivity contribution in [3.05, 3.63) is 24.1 Å². The molecular weight excluding hydrogens is 274 g/mol. The van der Waals surface area contributed by atoms with Crippen LogP contribution >= 0.6 is 0 Å². The molecule has 2 aromatic heterocycles. The quantitative estimate of drug-likeness (QED) is 0.701. The number of sulfonamides is 1. The molecule has 0 fully saturated rings. The molecule has 2 aromatic rings. The van der Waals surface area contributed by atoms with Gasteiger partial charge in [-0.2, -0.15) is 10.1 Å². The maximum atomic E-state index is 11.9. The third-order valence-corrected chi connectivity index (χ3v) is 3.59. The van der Waals surface area contributed by atoms with E-state index in [-0.39, 0.29) is 30.4 Å². The third-order valence-electron chi connectivity index (χ3n) is 2.24. The topological polar surface area (TPSA) is 123 Å². The molecule has 2 N–H and O–H groups in total. The molecule has 0 aliphatic rings. The van der Waals surface area contributed by atoms with Gasteiger partial charge in [-0.05, 0) is 0 Å². The van der Waals surface area contributed by atoms with E-state index in [4.69, 9.17) is 9.63 Å². The van der Waals surface area contributed by atoms with E-state index in [1.807, 2.05) is 0 Å². The molecule has 104 valence electrons. The van der Waals surface area contributed by atoms with Gasteiger partial charge in [0.05, 0.1) is 25.9 Å². The van der Waals surface area contributed by atoms with Gasteiger partial charge in [0.1, 0.15) is 4.90 Å². The molecule has 0 saturated heterocycles. The Kier molecular flexibility index (Phi) is 3.93. The molecule has 0 unspecified atom stereocenters. The number of aromatic nitrogens is 4. The van der Waals surface area contributed by atoms with Crippen molar-refractivity contribution in [2.75, 3.05) is 6.61 Å². The number of aliphatic hydroxyl groups excluding tert-OH is 1. The van der Waals surface area contributed by atoms with Crippen LogP contribution in [0.15, 0.2) is 21.8 Å². The fourth-order valence-corrected chi connectivity index (χ4v) is 2.30. The molecular formula is C9H13N5O4S. The van der Waals surface area contributed by atoms with Crippen molar-refractivity contribution in [2.24, 2.45) is 0 Å². The largest absolute Gasteiger partial charge is 0.394 e. The van der Waals surface area contributed by atoms with E-state index in [2.05, 4.69) is 20.0 Å². The van der Waals surface area contributed by atoms with Crippen LogP contribution in [0.4, 0.5) is 0 Å². The zero-order valence-corrected chi connectivity index (χ0v) is 11.0. The summed E-state index contributed by atoms with van der Waals surface area (Å²) < 4.78 is 32.2. The van der Waals surface area contributed by atoms with Gasteiger partial charge in [0, 0.05) is 13.1 Å². The smallest absolute Gasteiger partial charge is 0.244 e. The lowest BCUT2D eigenvalue weighted by Gasteiger charge is -2.01. The number of hydrogen-bond donors (Lipinski definition) is 2. The zero-order chi connectivity index (χ0) is 13.9. The van der Waals surface area contributed by atoms with Gasteiger partial charge in [0.25, 0.3) is 0 Å². The maximum Gasteiger partial charge on any atom is 0.244 e. The Bertz CT molecular complexity index is 647. The van der Waals surface area contributed by atoms with Gasteiger partial charge in [-0.15, -0.1) is 0 Å². The monoisotopic (exact) mass is 287 g/mol. The van der Waals surface area contributed by atoms with E-state index in [1.165, 1.54) is 17.1 Å². The molecule has 0 atom stereocenters. The van der Waals surface area contributed by atoms with E-state index >= 15 is 0 Å². The number of rotatable bonds is 6. The fraction of sp³-hybridized carbons (Fsp3) is 0.444. The Morgan fingerprint density at radius 1 is 1.53 bits per heavy atom. The predicted molar refractivity (Wildman–Crippen MR) is 62.4 cm³/mol. The van der Waals surface area contributed by atoms with Crippen LogP contribution in [0, 0.1) is 6.92 Å². The van der Waals surface area contributed by atoms with Gasteiger partial charge in [-0.25, -0.2) is 13.1 Å². The average Bonchev–Trinajstić information content (AvgIpc) is 2.97. The lowest BCUT2D eigenvalue weighted by Crippen LogP contribution is -2.23. The number of nitrogens with one attached hydrogen (secondary N) is 1. The van der Waals surface area contributed by atoms with Crippen molar-refractivity contribution in [1.82, 2.24) is 24.6 Å². The molecule has 0 spiro atoms. The molecule has 19 heavy (non-hydrogen) atoms. The van der Waals surface area contributed by atoms with Crippen LogP contribution in [0.25, 0.3) is 0 Å². The van der Waals surface area contributed by atoms with Crippen molar-refractivity contribution < 1.29 is 18.0 Å². The first-order valence-electron chi connectivity index (χ1n) is 5.43. The van der Waals surface area contributed by atoms with Crippen molar-refractivity contribution in [3.8, 4) is 0 Å². The van der Waals surface area contributed by atoms with Crippen molar-refractivity contribution in [3.63, 3.8) is 0 Å². The van der Waals surface area contributed by atoms with E-state index in [0.29, 0.717) is 5.89 Å². The Labute approximate surface area is 109 Å². The normalized spacial score (nSPS) is 11.9. The summed E-state index contributed by atoms with van der Waals surface area (Å²) in [5.41, 5.74) is 0. The second-order valence-electron chi connectivity index (χ2n) is 3.72. The molecule has 0 aliphatic carbocycles. The number of hydrogen-bond acceptors (Lipinski definition) is 7. The van der Waals surface area contributed by atoms with Gasteiger partial charge in [-0.3, -0.25) is 4.68 Å². The first kappa shape index (κ1) is 13.6. The van der Waals surface area contributed by atoms with Gasteiger partial charge in [0.15, 0.2) is 5.82 Å². The van der Waals surface area contributed by atoms with Crippen LogP contribution in [-0.2, 0) is 23.1 Å². The summed E-state index contributed by atoms with van der Waals surface area (Å²) in [6, 6.07) is 0. The van der Waals surface area contributed by atoms with Crippen LogP contribution in [-0.4, -0.2) is 40.1 Å². The Balaban J connectivity index is 2.04. The zero-order valence-electron chi connectivity index (χ0n) is 10.1. The molecule has 2 heterocycles. The Morgan fingerprint density at radius 3 is 2.95 bits per heavy atom. The Hall–Kier alpha value is -1.78. The number of nitrogens with zero attached hydrogens (tertiary/aromatic N) is 4. The first-order valence-corrected chi connectivity index (χ1v) is 6.92. The highest BCUT2D eigenvalue weighted by molar-refractivity contribution is 7.89. The lowest BCUT2D eigenvalue weighted by atomic mass is 10.6. The van der Waals surface area contributed by atoms with Crippen molar-refractivity contribution in [1.29, 1.82) is 0 Å². The van der Waals surface area contributed by atoms with Gasteiger partial charge >= 0.3 is 0 Å².